The fraction of sp³-hybridized carbons (Fsp3) is 0.429. The molecule has 1 N–H and O–H groups in total. The molecule has 0 radical (unpaired) electrons. The summed E-state index contributed by atoms with van der Waals surface area (Å²) in [5.41, 5.74) is 0.260. The van der Waals surface area contributed by atoms with Crippen molar-refractivity contribution in [1.29, 1.82) is 0 Å². The second-order valence-corrected chi connectivity index (χ2v) is 5.10. The van der Waals surface area contributed by atoms with Crippen LogP contribution in [-0.4, -0.2) is 17.0 Å². The lowest BCUT2D eigenvalue weighted by atomic mass is 10.0. The third kappa shape index (κ3) is 2.81. The van der Waals surface area contributed by atoms with E-state index in [1.54, 1.807) is 11.8 Å². The standard InChI is InChI=1S/C14H16OS/c1-16-13-6-4-12(5-7-13)8-11-14(15)9-2-3-10-14/h4-7,15H,2-3,9-10H2,1H3. The van der Waals surface area contributed by atoms with Crippen LogP contribution in [0.25, 0.3) is 0 Å². The number of hydrogen-bond acceptors (Lipinski definition) is 2. The molecule has 0 spiro atoms. The lowest BCUT2D eigenvalue weighted by molar-refractivity contribution is 0.110. The van der Waals surface area contributed by atoms with Crippen LogP contribution in [0.4, 0.5) is 0 Å². The molecule has 1 saturated carbocycles. The summed E-state index contributed by atoms with van der Waals surface area (Å²) in [5, 5.41) is 10.1. The quantitative estimate of drug-likeness (QED) is 0.593. The van der Waals surface area contributed by atoms with Crippen LogP contribution < -0.4 is 0 Å². The van der Waals surface area contributed by atoms with Crippen molar-refractivity contribution in [3.05, 3.63) is 29.8 Å². The van der Waals surface area contributed by atoms with Crippen LogP contribution in [0.3, 0.4) is 0 Å². The van der Waals surface area contributed by atoms with E-state index < -0.39 is 5.60 Å². The van der Waals surface area contributed by atoms with Crippen LogP contribution >= 0.6 is 11.8 Å². The summed E-state index contributed by atoms with van der Waals surface area (Å²) in [6.45, 7) is 0. The van der Waals surface area contributed by atoms with Crippen LogP contribution in [0.1, 0.15) is 31.2 Å². The van der Waals surface area contributed by atoms with E-state index in [0.29, 0.717) is 0 Å². The first-order valence-electron chi connectivity index (χ1n) is 5.61. The Bertz CT molecular complexity index is 405. The Labute approximate surface area is 101 Å². The Morgan fingerprint density at radius 1 is 1.19 bits per heavy atom. The lowest BCUT2D eigenvalue weighted by Crippen LogP contribution is -2.20. The fourth-order valence-corrected chi connectivity index (χ4v) is 2.36. The molecule has 0 aliphatic heterocycles. The predicted octanol–water partition coefficient (Wildman–Crippen LogP) is 3.07. The van der Waals surface area contributed by atoms with Gasteiger partial charge in [0, 0.05) is 10.5 Å². The molecule has 0 saturated heterocycles. The predicted molar refractivity (Wildman–Crippen MR) is 68.5 cm³/mol. The van der Waals surface area contributed by atoms with Gasteiger partial charge in [0.05, 0.1) is 0 Å². The maximum atomic E-state index is 10.1. The molecule has 2 heteroatoms. The second-order valence-electron chi connectivity index (χ2n) is 4.22. The van der Waals surface area contributed by atoms with Gasteiger partial charge in [0.2, 0.25) is 0 Å². The van der Waals surface area contributed by atoms with Crippen LogP contribution in [0, 0.1) is 11.8 Å². The van der Waals surface area contributed by atoms with Crippen molar-refractivity contribution >= 4 is 11.8 Å². The average Bonchev–Trinajstić information content (AvgIpc) is 2.75. The Morgan fingerprint density at radius 2 is 1.81 bits per heavy atom. The molecule has 1 nitrogen and oxygen atoms in total. The number of benzene rings is 1. The summed E-state index contributed by atoms with van der Waals surface area (Å²) in [4.78, 5) is 1.24. The zero-order valence-electron chi connectivity index (χ0n) is 9.49. The molecule has 0 aromatic heterocycles. The number of hydrogen-bond donors (Lipinski definition) is 1. The molecule has 2 rings (SSSR count). The highest BCUT2D eigenvalue weighted by atomic mass is 32.2. The third-order valence-corrected chi connectivity index (χ3v) is 3.70. The summed E-state index contributed by atoms with van der Waals surface area (Å²) >= 11 is 1.72. The maximum Gasteiger partial charge on any atom is 0.125 e. The molecule has 0 unspecified atom stereocenters. The Hall–Kier alpha value is -0.910. The highest BCUT2D eigenvalue weighted by Gasteiger charge is 2.28. The number of rotatable bonds is 1. The summed E-state index contributed by atoms with van der Waals surface area (Å²) in [5.74, 6) is 6.08. The minimum atomic E-state index is -0.724. The Kier molecular flexibility index (Phi) is 3.58. The maximum absolute atomic E-state index is 10.1. The Balaban J connectivity index is 2.11. The lowest BCUT2D eigenvalue weighted by Gasteiger charge is -2.12. The summed E-state index contributed by atoms with van der Waals surface area (Å²) in [6.07, 6.45) is 5.89. The fourth-order valence-electron chi connectivity index (χ4n) is 1.95. The molecule has 1 aliphatic rings. The molecule has 1 aromatic rings. The zero-order chi connectivity index (χ0) is 11.4. The van der Waals surface area contributed by atoms with Crippen molar-refractivity contribution in [2.75, 3.05) is 6.26 Å². The SMILES string of the molecule is CSc1ccc(C#CC2(O)CCCC2)cc1. The largest absolute Gasteiger partial charge is 0.378 e. The van der Waals surface area contributed by atoms with E-state index in [2.05, 4.69) is 30.2 Å². The van der Waals surface area contributed by atoms with Gasteiger partial charge in [-0.05, 0) is 56.2 Å². The van der Waals surface area contributed by atoms with Crippen molar-refractivity contribution in [2.45, 2.75) is 36.2 Å². The molecule has 16 heavy (non-hydrogen) atoms. The average molecular weight is 232 g/mol. The second kappa shape index (κ2) is 4.95. The van der Waals surface area contributed by atoms with E-state index in [-0.39, 0.29) is 0 Å². The molecule has 1 aliphatic carbocycles. The monoisotopic (exact) mass is 232 g/mol. The van der Waals surface area contributed by atoms with Crippen molar-refractivity contribution in [3.8, 4) is 11.8 Å². The molecule has 84 valence electrons. The first-order chi connectivity index (χ1) is 7.72. The van der Waals surface area contributed by atoms with Gasteiger partial charge in [0.1, 0.15) is 5.60 Å². The van der Waals surface area contributed by atoms with Crippen molar-refractivity contribution in [1.82, 2.24) is 0 Å². The number of aliphatic hydroxyl groups is 1. The van der Waals surface area contributed by atoms with Gasteiger partial charge in [-0.25, -0.2) is 0 Å². The van der Waals surface area contributed by atoms with Gasteiger partial charge in [-0.1, -0.05) is 11.8 Å². The summed E-state index contributed by atoms with van der Waals surface area (Å²) in [7, 11) is 0. The molecule has 1 aromatic carbocycles. The molecule has 0 amide bonds. The van der Waals surface area contributed by atoms with Crippen molar-refractivity contribution in [3.63, 3.8) is 0 Å². The van der Waals surface area contributed by atoms with Gasteiger partial charge < -0.3 is 5.11 Å². The first kappa shape index (κ1) is 11.6. The summed E-state index contributed by atoms with van der Waals surface area (Å²) < 4.78 is 0. The zero-order valence-corrected chi connectivity index (χ0v) is 10.3. The first-order valence-corrected chi connectivity index (χ1v) is 6.84. The van der Waals surface area contributed by atoms with E-state index in [9.17, 15) is 5.11 Å². The molecular formula is C14H16OS. The van der Waals surface area contributed by atoms with Crippen LogP contribution in [-0.2, 0) is 0 Å². The van der Waals surface area contributed by atoms with Gasteiger partial charge in [-0.2, -0.15) is 0 Å². The van der Waals surface area contributed by atoms with Crippen LogP contribution in [0.15, 0.2) is 29.2 Å². The topological polar surface area (TPSA) is 20.2 Å². The minimum absolute atomic E-state index is 0.724. The van der Waals surface area contributed by atoms with Crippen molar-refractivity contribution in [2.24, 2.45) is 0 Å². The van der Waals surface area contributed by atoms with Crippen molar-refractivity contribution < 1.29 is 5.11 Å². The van der Waals surface area contributed by atoms with Gasteiger partial charge in [-0.3, -0.25) is 0 Å². The van der Waals surface area contributed by atoms with Gasteiger partial charge >= 0.3 is 0 Å². The highest BCUT2D eigenvalue weighted by molar-refractivity contribution is 7.98. The van der Waals surface area contributed by atoms with Gasteiger partial charge in [0.25, 0.3) is 0 Å². The minimum Gasteiger partial charge on any atom is -0.378 e. The van der Waals surface area contributed by atoms with E-state index in [0.717, 1.165) is 31.2 Å². The smallest absolute Gasteiger partial charge is 0.125 e. The van der Waals surface area contributed by atoms with E-state index >= 15 is 0 Å². The van der Waals surface area contributed by atoms with E-state index in [1.165, 1.54) is 4.90 Å². The third-order valence-electron chi connectivity index (χ3n) is 2.96. The van der Waals surface area contributed by atoms with Crippen LogP contribution in [0.5, 0.6) is 0 Å². The van der Waals surface area contributed by atoms with Gasteiger partial charge in [0.15, 0.2) is 0 Å². The highest BCUT2D eigenvalue weighted by Crippen LogP contribution is 2.28. The van der Waals surface area contributed by atoms with E-state index in [4.69, 9.17) is 0 Å². The molecule has 1 fully saturated rings. The molecular weight excluding hydrogens is 216 g/mol. The van der Waals surface area contributed by atoms with E-state index in [1.807, 2.05) is 12.1 Å². The molecule has 0 atom stereocenters. The molecule has 0 heterocycles. The normalized spacial score (nSPS) is 17.9. The molecule has 0 bridgehead atoms. The number of thioether (sulfide) groups is 1. The summed E-state index contributed by atoms with van der Waals surface area (Å²) in [6, 6.07) is 8.15. The van der Waals surface area contributed by atoms with Gasteiger partial charge in [-0.15, -0.1) is 11.8 Å². The van der Waals surface area contributed by atoms with Crippen LogP contribution in [0.2, 0.25) is 0 Å². The Morgan fingerprint density at radius 3 is 2.38 bits per heavy atom.